The summed E-state index contributed by atoms with van der Waals surface area (Å²) in [5, 5.41) is 12.2. The van der Waals surface area contributed by atoms with Crippen LogP contribution >= 0.6 is 0 Å². The highest BCUT2D eigenvalue weighted by molar-refractivity contribution is 5.96. The lowest BCUT2D eigenvalue weighted by Crippen LogP contribution is -1.98. The number of aryl methyl sites for hydroxylation is 1. The summed E-state index contributed by atoms with van der Waals surface area (Å²) in [6.45, 7) is 2.11. The smallest absolute Gasteiger partial charge is 0.0708 e. The summed E-state index contributed by atoms with van der Waals surface area (Å²) in [7, 11) is 1.93. The third-order valence-corrected chi connectivity index (χ3v) is 4.54. The van der Waals surface area contributed by atoms with Gasteiger partial charge in [-0.05, 0) is 47.9 Å². The Morgan fingerprint density at radius 2 is 1.77 bits per heavy atom. The van der Waals surface area contributed by atoms with Crippen molar-refractivity contribution in [2.75, 3.05) is 12.4 Å². The van der Waals surface area contributed by atoms with E-state index >= 15 is 0 Å². The quantitative estimate of drug-likeness (QED) is 0.597. The van der Waals surface area contributed by atoms with Gasteiger partial charge in [0.2, 0.25) is 0 Å². The molecule has 5 heteroatoms. The molecule has 0 atom stereocenters. The van der Waals surface area contributed by atoms with Crippen LogP contribution < -0.4 is 5.32 Å². The van der Waals surface area contributed by atoms with Crippen molar-refractivity contribution in [3.8, 4) is 22.3 Å². The van der Waals surface area contributed by atoms with Crippen molar-refractivity contribution in [1.82, 2.24) is 20.2 Å². The second-order valence-corrected chi connectivity index (χ2v) is 6.04. The molecule has 0 fully saturated rings. The Morgan fingerprint density at radius 1 is 0.846 bits per heavy atom. The average Bonchev–Trinajstić information content (AvgIpc) is 2.73. The van der Waals surface area contributed by atoms with Gasteiger partial charge in [-0.2, -0.15) is 10.2 Å². The van der Waals surface area contributed by atoms with Gasteiger partial charge in [-0.3, -0.25) is 9.97 Å². The topological polar surface area (TPSA) is 63.6 Å². The summed E-state index contributed by atoms with van der Waals surface area (Å²) < 4.78 is 0. The third kappa shape index (κ3) is 2.88. The number of pyridine rings is 2. The molecule has 3 heterocycles. The van der Waals surface area contributed by atoms with Crippen LogP contribution in [0.5, 0.6) is 0 Å². The Kier molecular flexibility index (Phi) is 4.27. The molecule has 0 bridgehead atoms. The molecule has 0 saturated carbocycles. The molecule has 0 amide bonds. The number of nitrogens with zero attached hydrogens (tertiary/aromatic N) is 4. The first-order valence-electron chi connectivity index (χ1n) is 8.63. The fraction of sp³-hybridized carbons (Fsp3) is 0.143. The van der Waals surface area contributed by atoms with E-state index < -0.39 is 0 Å². The van der Waals surface area contributed by atoms with Crippen LogP contribution in [0.2, 0.25) is 0 Å². The zero-order valence-electron chi connectivity index (χ0n) is 14.8. The van der Waals surface area contributed by atoms with Gasteiger partial charge in [-0.15, -0.1) is 0 Å². The number of hydrogen-bond donors (Lipinski definition) is 1. The van der Waals surface area contributed by atoms with E-state index in [-0.39, 0.29) is 0 Å². The maximum Gasteiger partial charge on any atom is 0.0708 e. The van der Waals surface area contributed by atoms with Crippen molar-refractivity contribution in [2.45, 2.75) is 13.3 Å². The highest BCUT2D eigenvalue weighted by Crippen LogP contribution is 2.31. The van der Waals surface area contributed by atoms with E-state index in [0.717, 1.165) is 51.0 Å². The lowest BCUT2D eigenvalue weighted by Gasteiger charge is -2.11. The van der Waals surface area contributed by atoms with Crippen LogP contribution in [0.15, 0.2) is 61.2 Å². The minimum atomic E-state index is 0.900. The maximum absolute atomic E-state index is 4.61. The maximum atomic E-state index is 4.61. The van der Waals surface area contributed by atoms with E-state index in [4.69, 9.17) is 0 Å². The van der Waals surface area contributed by atoms with Gasteiger partial charge in [0.25, 0.3) is 0 Å². The van der Waals surface area contributed by atoms with Crippen LogP contribution in [0, 0.1) is 0 Å². The van der Waals surface area contributed by atoms with Crippen LogP contribution in [-0.2, 0) is 6.42 Å². The first kappa shape index (κ1) is 16.1. The molecule has 3 aromatic heterocycles. The molecular weight excluding hydrogens is 322 g/mol. The van der Waals surface area contributed by atoms with E-state index in [9.17, 15) is 0 Å². The minimum absolute atomic E-state index is 0.900. The largest absolute Gasteiger partial charge is 0.387 e. The monoisotopic (exact) mass is 341 g/mol. The first-order chi connectivity index (χ1) is 12.8. The van der Waals surface area contributed by atoms with Gasteiger partial charge in [0.15, 0.2) is 0 Å². The highest BCUT2D eigenvalue weighted by atomic mass is 15.1. The van der Waals surface area contributed by atoms with Crippen LogP contribution in [-0.4, -0.2) is 27.2 Å². The molecule has 26 heavy (non-hydrogen) atoms. The number of nitrogens with one attached hydrogen (secondary N) is 1. The molecular formula is C21H19N5. The normalized spacial score (nSPS) is 10.8. The molecule has 0 aliphatic heterocycles. The van der Waals surface area contributed by atoms with Gasteiger partial charge in [-0.25, -0.2) is 0 Å². The number of hydrogen-bond acceptors (Lipinski definition) is 5. The second-order valence-electron chi connectivity index (χ2n) is 6.04. The standard InChI is InChI=1S/C21H19N5/c1-3-19-21(22-2)11-16(12-24-19)14-4-5-20-18(10-14)17(7-8-23-20)15-6-9-25-26-13-15/h4-13,22H,3H2,1-2H3. The van der Waals surface area contributed by atoms with E-state index in [1.54, 1.807) is 12.4 Å². The van der Waals surface area contributed by atoms with E-state index in [1.165, 1.54) is 0 Å². The SMILES string of the molecule is CCc1ncc(-c2ccc3nccc(-c4ccnnc4)c3c2)cc1NC. The fourth-order valence-corrected chi connectivity index (χ4v) is 3.18. The molecule has 4 aromatic rings. The molecule has 0 aliphatic carbocycles. The van der Waals surface area contributed by atoms with Gasteiger partial charge in [0.05, 0.1) is 29.3 Å². The zero-order chi connectivity index (χ0) is 17.9. The van der Waals surface area contributed by atoms with E-state index in [0.29, 0.717) is 0 Å². The Morgan fingerprint density at radius 3 is 2.54 bits per heavy atom. The molecule has 1 N–H and O–H groups in total. The predicted octanol–water partition coefficient (Wildman–Crippen LogP) is 4.36. The summed E-state index contributed by atoms with van der Waals surface area (Å²) in [6, 6.07) is 12.4. The molecule has 1 aromatic carbocycles. The van der Waals surface area contributed by atoms with Crippen molar-refractivity contribution in [3.63, 3.8) is 0 Å². The molecule has 0 unspecified atom stereocenters. The van der Waals surface area contributed by atoms with Gasteiger partial charge >= 0.3 is 0 Å². The highest BCUT2D eigenvalue weighted by Gasteiger charge is 2.09. The summed E-state index contributed by atoms with van der Waals surface area (Å²) in [6.07, 6.45) is 8.15. The second kappa shape index (κ2) is 6.88. The average molecular weight is 341 g/mol. The fourth-order valence-electron chi connectivity index (χ4n) is 3.18. The first-order valence-corrected chi connectivity index (χ1v) is 8.63. The molecule has 4 rings (SSSR count). The van der Waals surface area contributed by atoms with Gasteiger partial charge in [0.1, 0.15) is 0 Å². The number of fused-ring (bicyclic) bond motifs is 1. The van der Waals surface area contributed by atoms with E-state index in [1.807, 2.05) is 31.6 Å². The summed E-state index contributed by atoms with van der Waals surface area (Å²) in [5.74, 6) is 0. The van der Waals surface area contributed by atoms with Gasteiger partial charge in [0, 0.05) is 36.0 Å². The summed E-state index contributed by atoms with van der Waals surface area (Å²) in [5.41, 5.74) is 7.40. The predicted molar refractivity (Wildman–Crippen MR) is 105 cm³/mol. The van der Waals surface area contributed by atoms with Crippen molar-refractivity contribution >= 4 is 16.6 Å². The number of anilines is 1. The molecule has 128 valence electrons. The Balaban J connectivity index is 1.88. The lowest BCUT2D eigenvalue weighted by molar-refractivity contribution is 1.03. The number of rotatable bonds is 4. The van der Waals surface area contributed by atoms with Crippen molar-refractivity contribution in [1.29, 1.82) is 0 Å². The zero-order valence-corrected chi connectivity index (χ0v) is 14.8. The van der Waals surface area contributed by atoms with E-state index in [2.05, 4.69) is 56.7 Å². The Hall–Kier alpha value is -3.34. The third-order valence-electron chi connectivity index (χ3n) is 4.54. The number of aromatic nitrogens is 4. The molecule has 0 radical (unpaired) electrons. The lowest BCUT2D eigenvalue weighted by atomic mass is 9.98. The van der Waals surface area contributed by atoms with Crippen LogP contribution in [0.3, 0.4) is 0 Å². The molecule has 0 spiro atoms. The van der Waals surface area contributed by atoms with Crippen molar-refractivity contribution < 1.29 is 0 Å². The Labute approximate surface area is 152 Å². The molecule has 5 nitrogen and oxygen atoms in total. The molecule has 0 saturated heterocycles. The van der Waals surface area contributed by atoms with Crippen molar-refractivity contribution in [2.24, 2.45) is 0 Å². The minimum Gasteiger partial charge on any atom is -0.387 e. The Bertz CT molecular complexity index is 1060. The number of benzene rings is 1. The molecule has 0 aliphatic rings. The van der Waals surface area contributed by atoms with Crippen LogP contribution in [0.1, 0.15) is 12.6 Å². The van der Waals surface area contributed by atoms with Gasteiger partial charge in [-0.1, -0.05) is 13.0 Å². The van der Waals surface area contributed by atoms with Gasteiger partial charge < -0.3 is 5.32 Å². The summed E-state index contributed by atoms with van der Waals surface area (Å²) >= 11 is 0. The summed E-state index contributed by atoms with van der Waals surface area (Å²) in [4.78, 5) is 9.11. The van der Waals surface area contributed by atoms with Crippen LogP contribution in [0.25, 0.3) is 33.2 Å². The van der Waals surface area contributed by atoms with Crippen molar-refractivity contribution in [3.05, 3.63) is 66.9 Å². The van der Waals surface area contributed by atoms with Crippen LogP contribution in [0.4, 0.5) is 5.69 Å².